The number of para-hydroxylation sites is 6. The lowest BCUT2D eigenvalue weighted by Crippen LogP contribution is -2.12. The highest BCUT2D eigenvalue weighted by atomic mass is 32.1. The molecule has 618 valence electrons. The predicted octanol–water partition coefficient (Wildman–Crippen LogP) is 35.3. The largest absolute Gasteiger partial charge is 0.309 e. The molecule has 4 aromatic heterocycles. The second-order valence-corrected chi connectivity index (χ2v) is 35.1. The second-order valence-electron chi connectivity index (χ2n) is 34.0. The van der Waals surface area contributed by atoms with Gasteiger partial charge >= 0.3 is 0 Å². The van der Waals surface area contributed by atoms with E-state index < -0.39 is 0 Å². The van der Waals surface area contributed by atoms with Crippen LogP contribution in [0.5, 0.6) is 0 Å². The van der Waals surface area contributed by atoms with E-state index in [0.29, 0.717) is 0 Å². The van der Waals surface area contributed by atoms with Crippen LogP contribution < -0.4 is 9.80 Å². The summed E-state index contributed by atoms with van der Waals surface area (Å²) >= 11 is 1.86. The Kier molecular flexibility index (Phi) is 19.1. The van der Waals surface area contributed by atoms with Gasteiger partial charge in [-0.25, -0.2) is 0 Å². The standard InChI is InChI=1S/C126H83N5S/c1-7-35-85(36-8-1)97-47-19-21-51-106(97)121-99(87-39-11-3-12-40-87)54-31-63-114(121)128(95-78-71-89(72-79-95)101-56-29-58-108-103-49-23-26-61-112(103)130(124(101)108)92-43-15-5-16-44-92)117-66-34-65-116-123(117)111-53-24-27-62-113(111)127(116)94-76-69-84(70-77-94)91-75-82-104-109-59-30-57-102(125(109)131(119(104)83-91)93-45-17-6-18-46-93)90-73-80-96(81-74-90)129(118-67-33-60-110-105-50-25-28-68-120(105)132-126(110)118)115-64-32-55-100(88-41-13-4-14-42-88)122(115)107-52-22-20-48-98(107)86-37-9-2-10-38-86/h1-83H. The van der Waals surface area contributed by atoms with Crippen molar-refractivity contribution in [3.8, 4) is 117 Å². The number of thiophene rings is 1. The first kappa shape index (κ1) is 77.2. The summed E-state index contributed by atoms with van der Waals surface area (Å²) in [7, 11) is 0. The van der Waals surface area contributed by atoms with Crippen molar-refractivity contribution in [1.29, 1.82) is 0 Å². The molecule has 132 heavy (non-hydrogen) atoms. The van der Waals surface area contributed by atoms with E-state index in [9.17, 15) is 0 Å². The van der Waals surface area contributed by atoms with Crippen molar-refractivity contribution < 1.29 is 0 Å². The third kappa shape index (κ3) is 13.1. The molecule has 0 aliphatic heterocycles. The topological polar surface area (TPSA) is 21.3 Å². The molecule has 0 spiro atoms. The Morgan fingerprint density at radius 1 is 0.174 bits per heavy atom. The molecule has 4 heterocycles. The molecule has 6 heteroatoms. The lowest BCUT2D eigenvalue weighted by atomic mass is 9.87. The maximum atomic E-state index is 2.54. The highest BCUT2D eigenvalue weighted by molar-refractivity contribution is 7.26. The SMILES string of the molecule is c1ccc(-c2ccccc2-c2c(-c3ccccc3)cccc2N(c2ccc(-c3cccc4c5ccc(-c6ccc(-n7c8ccccc8c8c(N(c9ccc(-c%10cccc%11c%12ccccc%12n(-c%12ccccc%12)c%10%11)cc9)c9cccc(-c%10ccccc%10)c9-c9ccccc9-c9ccccc9)cccc87)cc6)cc5n(-c5ccccc5)c34)cc2)c2cccc3c2sc2ccccc23)cc1. The van der Waals surface area contributed by atoms with E-state index in [1.807, 2.05) is 11.3 Å². The monoisotopic (exact) mass is 1700 g/mol. The minimum Gasteiger partial charge on any atom is -0.309 e. The van der Waals surface area contributed by atoms with Crippen LogP contribution in [-0.2, 0) is 0 Å². The summed E-state index contributed by atoms with van der Waals surface area (Å²) in [5.41, 5.74) is 37.1. The second kappa shape index (κ2) is 32.6. The van der Waals surface area contributed by atoms with E-state index in [1.54, 1.807) is 0 Å². The zero-order valence-electron chi connectivity index (χ0n) is 72.1. The summed E-state index contributed by atoms with van der Waals surface area (Å²) in [5, 5.41) is 9.60. The Labute approximate surface area is 769 Å². The van der Waals surface area contributed by atoms with Gasteiger partial charge in [-0.05, 0) is 193 Å². The minimum absolute atomic E-state index is 1.03. The lowest BCUT2D eigenvalue weighted by Gasteiger charge is -2.31. The Balaban J connectivity index is 0.625. The molecular weight excluding hydrogens is 1620 g/mol. The highest BCUT2D eigenvalue weighted by Gasteiger charge is 2.30. The number of anilines is 6. The van der Waals surface area contributed by atoms with Crippen molar-refractivity contribution >= 4 is 131 Å². The first-order chi connectivity index (χ1) is 65.6. The molecule has 21 aromatic carbocycles. The van der Waals surface area contributed by atoms with Gasteiger partial charge in [0.15, 0.2) is 0 Å². The number of rotatable bonds is 18. The molecule has 0 saturated carbocycles. The summed E-state index contributed by atoms with van der Waals surface area (Å²) in [5.74, 6) is 0. The van der Waals surface area contributed by atoms with Gasteiger partial charge < -0.3 is 23.5 Å². The van der Waals surface area contributed by atoms with Crippen LogP contribution in [0.4, 0.5) is 34.1 Å². The molecule has 0 aliphatic rings. The van der Waals surface area contributed by atoms with Crippen LogP contribution in [0.3, 0.4) is 0 Å². The van der Waals surface area contributed by atoms with Gasteiger partial charge in [0, 0.05) is 98.5 Å². The minimum atomic E-state index is 1.03. The van der Waals surface area contributed by atoms with E-state index in [0.717, 1.165) is 173 Å². The van der Waals surface area contributed by atoms with Crippen molar-refractivity contribution in [2.45, 2.75) is 0 Å². The average molecular weight is 1700 g/mol. The van der Waals surface area contributed by atoms with Crippen LogP contribution in [0, 0.1) is 0 Å². The lowest BCUT2D eigenvalue weighted by molar-refractivity contribution is 1.18. The third-order valence-corrected chi connectivity index (χ3v) is 27.9. The molecule has 0 atom stereocenters. The summed E-state index contributed by atoms with van der Waals surface area (Å²) in [6, 6.07) is 186. The maximum Gasteiger partial charge on any atom is 0.0640 e. The number of benzene rings is 21. The van der Waals surface area contributed by atoms with Crippen LogP contribution in [-0.4, -0.2) is 13.7 Å². The number of aromatic nitrogens is 3. The number of hydrogen-bond acceptors (Lipinski definition) is 3. The van der Waals surface area contributed by atoms with Gasteiger partial charge in [-0.1, -0.05) is 388 Å². The first-order valence-electron chi connectivity index (χ1n) is 45.3. The van der Waals surface area contributed by atoms with Gasteiger partial charge in [-0.15, -0.1) is 11.3 Å². The third-order valence-electron chi connectivity index (χ3n) is 26.7. The van der Waals surface area contributed by atoms with E-state index in [2.05, 4.69) is 527 Å². The molecule has 5 nitrogen and oxygen atoms in total. The van der Waals surface area contributed by atoms with Gasteiger partial charge in [0.25, 0.3) is 0 Å². The number of nitrogens with zero attached hydrogens (tertiary/aromatic N) is 5. The molecule has 25 rings (SSSR count). The Morgan fingerprint density at radius 2 is 0.508 bits per heavy atom. The smallest absolute Gasteiger partial charge is 0.0640 e. The van der Waals surface area contributed by atoms with Crippen LogP contribution in [0.1, 0.15) is 0 Å². The Bertz CT molecular complexity index is 8720. The molecule has 0 fully saturated rings. The molecule has 0 amide bonds. The van der Waals surface area contributed by atoms with Crippen LogP contribution >= 0.6 is 11.3 Å². The summed E-state index contributed by atoms with van der Waals surface area (Å²) in [6.07, 6.45) is 0. The molecular formula is C126H83N5S. The zero-order valence-corrected chi connectivity index (χ0v) is 72.9. The maximum absolute atomic E-state index is 2.54. The quantitative estimate of drug-likeness (QED) is 0.0854. The number of fused-ring (bicyclic) bond motifs is 12. The van der Waals surface area contributed by atoms with Crippen LogP contribution in [0.2, 0.25) is 0 Å². The molecule has 0 N–H and O–H groups in total. The highest BCUT2D eigenvalue weighted by Crippen LogP contribution is 2.55. The first-order valence-corrected chi connectivity index (χ1v) is 46.1. The molecule has 0 saturated heterocycles. The van der Waals surface area contributed by atoms with Crippen LogP contribution in [0.15, 0.2) is 504 Å². The van der Waals surface area contributed by atoms with E-state index >= 15 is 0 Å². The normalized spacial score (nSPS) is 11.6. The van der Waals surface area contributed by atoms with Crippen molar-refractivity contribution in [2.75, 3.05) is 9.80 Å². The van der Waals surface area contributed by atoms with E-state index in [-0.39, 0.29) is 0 Å². The zero-order chi connectivity index (χ0) is 87.1. The van der Waals surface area contributed by atoms with Crippen LogP contribution in [0.25, 0.3) is 203 Å². The number of hydrogen-bond donors (Lipinski definition) is 0. The molecule has 0 aliphatic carbocycles. The summed E-state index contributed by atoms with van der Waals surface area (Å²) in [6.45, 7) is 0. The van der Waals surface area contributed by atoms with Gasteiger partial charge in [-0.2, -0.15) is 0 Å². The fourth-order valence-corrected chi connectivity index (χ4v) is 22.1. The van der Waals surface area contributed by atoms with E-state index in [1.165, 1.54) is 63.9 Å². The fourth-order valence-electron chi connectivity index (χ4n) is 20.9. The van der Waals surface area contributed by atoms with Gasteiger partial charge in [0.2, 0.25) is 0 Å². The van der Waals surface area contributed by atoms with Crippen molar-refractivity contribution in [2.24, 2.45) is 0 Å². The summed E-state index contributed by atoms with van der Waals surface area (Å²) in [4.78, 5) is 5.07. The van der Waals surface area contributed by atoms with Gasteiger partial charge in [0.1, 0.15) is 0 Å². The van der Waals surface area contributed by atoms with E-state index in [4.69, 9.17) is 0 Å². The Hall–Kier alpha value is -17.2. The van der Waals surface area contributed by atoms with Gasteiger partial charge in [0.05, 0.1) is 60.5 Å². The fraction of sp³-hybridized carbons (Fsp3) is 0. The van der Waals surface area contributed by atoms with Gasteiger partial charge in [-0.3, -0.25) is 0 Å². The van der Waals surface area contributed by atoms with Crippen molar-refractivity contribution in [3.63, 3.8) is 0 Å². The summed E-state index contributed by atoms with van der Waals surface area (Å²) < 4.78 is 9.90. The molecule has 0 unspecified atom stereocenters. The average Bonchev–Trinajstić information content (AvgIpc) is 1.14. The predicted molar refractivity (Wildman–Crippen MR) is 561 cm³/mol. The molecule has 25 aromatic rings. The molecule has 0 bridgehead atoms. The Morgan fingerprint density at radius 3 is 1.05 bits per heavy atom. The van der Waals surface area contributed by atoms with Crippen molar-refractivity contribution in [3.05, 3.63) is 504 Å². The molecule has 0 radical (unpaired) electrons. The van der Waals surface area contributed by atoms with Crippen molar-refractivity contribution in [1.82, 2.24) is 13.7 Å².